The molecule has 6 heteroatoms. The van der Waals surface area contributed by atoms with Crippen molar-refractivity contribution < 1.29 is 9.53 Å². The van der Waals surface area contributed by atoms with Gasteiger partial charge in [-0.25, -0.2) is 4.79 Å². The van der Waals surface area contributed by atoms with Crippen LogP contribution >= 0.6 is 0 Å². The molecule has 0 atom stereocenters. The number of likely N-dealkylation sites (N-methyl/N-ethyl adjacent to an activating group) is 1. The molecule has 0 aromatic carbocycles. The summed E-state index contributed by atoms with van der Waals surface area (Å²) in [5.74, 6) is 0.865. The lowest BCUT2D eigenvalue weighted by atomic mass is 10.2. The third-order valence-corrected chi connectivity index (χ3v) is 3.34. The van der Waals surface area contributed by atoms with E-state index >= 15 is 0 Å². The second kappa shape index (κ2) is 7.64. The molecule has 1 aliphatic rings. The number of amidine groups is 1. The molecule has 6 nitrogen and oxygen atoms in total. The van der Waals surface area contributed by atoms with Crippen LogP contribution in [0.2, 0.25) is 0 Å². The van der Waals surface area contributed by atoms with Crippen LogP contribution in [0, 0.1) is 0 Å². The summed E-state index contributed by atoms with van der Waals surface area (Å²) in [6, 6.07) is 0.526. The normalized spacial score (nSPS) is 16.2. The number of carbonyl (C=O) groups excluding carboxylic acids is 1. The summed E-state index contributed by atoms with van der Waals surface area (Å²) < 4.78 is 5.40. The smallest absolute Gasteiger partial charge is 0.410 e. The molecular weight excluding hydrogens is 268 g/mol. The Bertz CT molecular complexity index is 374. The van der Waals surface area contributed by atoms with Crippen LogP contribution in [0.15, 0.2) is 4.99 Å². The predicted molar refractivity (Wildman–Crippen MR) is 85.9 cm³/mol. The molecule has 0 saturated heterocycles. The van der Waals surface area contributed by atoms with Crippen molar-refractivity contribution in [2.75, 3.05) is 39.8 Å². The lowest BCUT2D eigenvalue weighted by Gasteiger charge is -2.30. The molecule has 1 rings (SSSR count). The van der Waals surface area contributed by atoms with Gasteiger partial charge in [-0.05, 0) is 41.7 Å². The van der Waals surface area contributed by atoms with Gasteiger partial charge in [-0.15, -0.1) is 0 Å². The van der Waals surface area contributed by atoms with Crippen LogP contribution in [0.25, 0.3) is 0 Å². The van der Waals surface area contributed by atoms with E-state index in [1.54, 1.807) is 4.90 Å². The molecule has 0 radical (unpaired) electrons. The van der Waals surface area contributed by atoms with Crippen LogP contribution < -0.4 is 5.32 Å². The number of hydrogen-bond donors (Lipinski definition) is 1. The number of nitrogens with zero attached hydrogens (tertiary/aromatic N) is 3. The van der Waals surface area contributed by atoms with Gasteiger partial charge in [0.2, 0.25) is 0 Å². The van der Waals surface area contributed by atoms with Crippen LogP contribution in [0.1, 0.15) is 34.6 Å². The molecular formula is C15H30N4O2. The minimum Gasteiger partial charge on any atom is -0.444 e. The summed E-state index contributed by atoms with van der Waals surface area (Å²) in [5, 5.41) is 3.31. The maximum Gasteiger partial charge on any atom is 0.410 e. The van der Waals surface area contributed by atoms with E-state index in [1.165, 1.54) is 0 Å². The third kappa shape index (κ3) is 6.80. The fourth-order valence-electron chi connectivity index (χ4n) is 1.84. The highest BCUT2D eigenvalue weighted by molar-refractivity contribution is 5.87. The van der Waals surface area contributed by atoms with E-state index in [0.29, 0.717) is 25.7 Å². The van der Waals surface area contributed by atoms with Gasteiger partial charge in [0.15, 0.2) is 0 Å². The van der Waals surface area contributed by atoms with Crippen LogP contribution in [-0.2, 0) is 4.74 Å². The molecule has 0 bridgehead atoms. The zero-order valence-electron chi connectivity index (χ0n) is 14.3. The summed E-state index contributed by atoms with van der Waals surface area (Å²) in [6.07, 6.45) is -0.268. The largest absolute Gasteiger partial charge is 0.444 e. The number of hydrogen-bond acceptors (Lipinski definition) is 5. The van der Waals surface area contributed by atoms with Crippen LogP contribution in [0.3, 0.4) is 0 Å². The molecule has 0 aromatic heterocycles. The van der Waals surface area contributed by atoms with Crippen molar-refractivity contribution in [2.45, 2.75) is 46.3 Å². The van der Waals surface area contributed by atoms with E-state index in [-0.39, 0.29) is 6.09 Å². The monoisotopic (exact) mass is 298 g/mol. The topological polar surface area (TPSA) is 57.2 Å². The molecule has 0 fully saturated rings. The Balaban J connectivity index is 2.38. The summed E-state index contributed by atoms with van der Waals surface area (Å²) in [6.45, 7) is 13.5. The van der Waals surface area contributed by atoms with E-state index in [4.69, 9.17) is 4.74 Å². The van der Waals surface area contributed by atoms with Gasteiger partial charge in [-0.1, -0.05) is 0 Å². The first-order chi connectivity index (χ1) is 9.69. The number of nitrogens with one attached hydrogen (secondary N) is 1. The minimum atomic E-state index is -0.459. The van der Waals surface area contributed by atoms with Crippen molar-refractivity contribution in [3.63, 3.8) is 0 Å². The summed E-state index contributed by atoms with van der Waals surface area (Å²) in [4.78, 5) is 20.4. The Morgan fingerprint density at radius 1 is 1.48 bits per heavy atom. The number of aliphatic imine (C=N–C) groups is 1. The molecule has 122 valence electrons. The molecule has 21 heavy (non-hydrogen) atoms. The molecule has 1 aliphatic heterocycles. The minimum absolute atomic E-state index is 0.268. The van der Waals surface area contributed by atoms with Gasteiger partial charge < -0.3 is 15.0 Å². The summed E-state index contributed by atoms with van der Waals surface area (Å²) >= 11 is 0. The van der Waals surface area contributed by atoms with E-state index in [2.05, 4.69) is 36.1 Å². The van der Waals surface area contributed by atoms with Gasteiger partial charge in [-0.2, -0.15) is 0 Å². The maximum absolute atomic E-state index is 12.0. The van der Waals surface area contributed by atoms with Gasteiger partial charge in [0, 0.05) is 25.7 Å². The van der Waals surface area contributed by atoms with Gasteiger partial charge in [0.25, 0.3) is 0 Å². The zero-order chi connectivity index (χ0) is 16.0. The van der Waals surface area contributed by atoms with Gasteiger partial charge in [0.05, 0.1) is 13.1 Å². The highest BCUT2D eigenvalue weighted by Crippen LogP contribution is 2.10. The van der Waals surface area contributed by atoms with Gasteiger partial charge in [-0.3, -0.25) is 9.89 Å². The average Bonchev–Trinajstić information content (AvgIpc) is 2.36. The Hall–Kier alpha value is -1.30. The van der Waals surface area contributed by atoms with Crippen molar-refractivity contribution in [1.82, 2.24) is 15.1 Å². The fraction of sp³-hybridized carbons (Fsp3) is 0.867. The predicted octanol–water partition coefficient (Wildman–Crippen LogP) is 1.57. The quantitative estimate of drug-likeness (QED) is 0.856. The molecule has 0 spiro atoms. The van der Waals surface area contributed by atoms with Crippen molar-refractivity contribution in [2.24, 2.45) is 4.99 Å². The zero-order valence-corrected chi connectivity index (χ0v) is 14.3. The Kier molecular flexibility index (Phi) is 6.45. The molecule has 1 heterocycles. The van der Waals surface area contributed by atoms with Gasteiger partial charge in [0.1, 0.15) is 11.4 Å². The van der Waals surface area contributed by atoms with Crippen molar-refractivity contribution in [1.29, 1.82) is 0 Å². The van der Waals surface area contributed by atoms with Crippen LogP contribution in [-0.4, -0.2) is 73.1 Å². The second-order valence-corrected chi connectivity index (χ2v) is 6.73. The second-order valence-electron chi connectivity index (χ2n) is 6.73. The first-order valence-corrected chi connectivity index (χ1v) is 7.64. The van der Waals surface area contributed by atoms with Crippen LogP contribution in [0.5, 0.6) is 0 Å². The van der Waals surface area contributed by atoms with Crippen molar-refractivity contribution >= 4 is 11.9 Å². The van der Waals surface area contributed by atoms with E-state index in [1.807, 2.05) is 20.8 Å². The third-order valence-electron chi connectivity index (χ3n) is 3.34. The fourth-order valence-corrected chi connectivity index (χ4v) is 1.84. The summed E-state index contributed by atoms with van der Waals surface area (Å²) in [5.41, 5.74) is -0.459. The Morgan fingerprint density at radius 3 is 2.71 bits per heavy atom. The Labute approximate surface area is 128 Å². The number of amides is 1. The lowest BCUT2D eigenvalue weighted by Crippen LogP contribution is -2.48. The standard InChI is InChI=1S/C15H30N4O2/c1-12(2)18(6)9-7-16-13-11-19(10-8-17-13)14(20)21-15(3,4)5/h12H,7-11H2,1-6H3,(H,16,17). The molecule has 0 unspecified atom stereocenters. The molecule has 1 amide bonds. The number of carbonyl (C=O) groups is 1. The van der Waals surface area contributed by atoms with Crippen molar-refractivity contribution in [3.8, 4) is 0 Å². The molecule has 0 saturated carbocycles. The van der Waals surface area contributed by atoms with E-state index in [0.717, 1.165) is 18.9 Å². The van der Waals surface area contributed by atoms with Crippen LogP contribution in [0.4, 0.5) is 4.79 Å². The summed E-state index contributed by atoms with van der Waals surface area (Å²) in [7, 11) is 2.10. The molecule has 0 aliphatic carbocycles. The Morgan fingerprint density at radius 2 is 2.14 bits per heavy atom. The number of rotatable bonds is 4. The van der Waals surface area contributed by atoms with Crippen molar-refractivity contribution in [3.05, 3.63) is 0 Å². The maximum atomic E-state index is 12.0. The van der Waals surface area contributed by atoms with Gasteiger partial charge >= 0.3 is 6.09 Å². The highest BCUT2D eigenvalue weighted by atomic mass is 16.6. The average molecular weight is 298 g/mol. The molecule has 1 N–H and O–H groups in total. The SMILES string of the molecule is CC(C)N(C)CCNC1=NCCN(C(=O)OC(C)(C)C)C1. The highest BCUT2D eigenvalue weighted by Gasteiger charge is 2.24. The molecule has 0 aromatic rings. The van der Waals surface area contributed by atoms with E-state index < -0.39 is 5.60 Å². The van der Waals surface area contributed by atoms with E-state index in [9.17, 15) is 4.79 Å². The lowest BCUT2D eigenvalue weighted by molar-refractivity contribution is 0.0276. The first kappa shape index (κ1) is 17.8. The first-order valence-electron chi connectivity index (χ1n) is 7.64. The number of ether oxygens (including phenoxy) is 1.